The number of hydrogen-bond acceptors (Lipinski definition) is 10. The summed E-state index contributed by atoms with van der Waals surface area (Å²) < 4.78 is 11.6. The van der Waals surface area contributed by atoms with E-state index >= 15 is 0 Å². The molecule has 9 nitrogen and oxygen atoms in total. The van der Waals surface area contributed by atoms with Crippen LogP contribution in [0.15, 0.2) is 53.6 Å². The second kappa shape index (κ2) is 12.4. The summed E-state index contributed by atoms with van der Waals surface area (Å²) in [6.45, 7) is 12.6. The van der Waals surface area contributed by atoms with Crippen LogP contribution in [-0.4, -0.2) is 84.9 Å². The fourth-order valence-electron chi connectivity index (χ4n) is 11.8. The molecule has 14 atom stereocenters. The van der Waals surface area contributed by atoms with Gasteiger partial charge in [-0.05, 0) is 107 Å². The van der Waals surface area contributed by atoms with Crippen LogP contribution in [-0.2, 0) is 14.3 Å². The van der Waals surface area contributed by atoms with Gasteiger partial charge in [-0.2, -0.15) is 12.6 Å². The average molecular weight is 713 g/mol. The first-order chi connectivity index (χ1) is 23.3. The lowest BCUT2D eigenvalue weighted by Gasteiger charge is -2.73. The van der Waals surface area contributed by atoms with Gasteiger partial charge in [-0.15, -0.1) is 0 Å². The SMILES string of the molecule is C/C=C(/C)C(=O)O[C@H]1[C@H](OC(=O)c2ccccc2)[C@@]2(CO)C(C[C@@]1(C)O)C1=CCC3[C@@]4(C)CC[C@H](O)[C@@](C)(S)C4CC[C@@]3(C)[C@]1(C)[C@@H](O)[C@H]2O. The van der Waals surface area contributed by atoms with Crippen LogP contribution >= 0.6 is 12.6 Å². The lowest BCUT2D eigenvalue weighted by Crippen LogP contribution is -2.77. The van der Waals surface area contributed by atoms with E-state index in [-0.39, 0.29) is 34.8 Å². The predicted octanol–water partition coefficient (Wildman–Crippen LogP) is 4.79. The molecule has 1 aromatic carbocycles. The van der Waals surface area contributed by atoms with Gasteiger partial charge in [0.05, 0.1) is 35.9 Å². The molecule has 0 spiro atoms. The Kier molecular flexibility index (Phi) is 9.34. The highest BCUT2D eigenvalue weighted by atomic mass is 32.1. The van der Waals surface area contributed by atoms with E-state index < -0.39 is 81.6 Å². The number of esters is 2. The Labute approximate surface area is 301 Å². The molecule has 50 heavy (non-hydrogen) atoms. The van der Waals surface area contributed by atoms with Gasteiger partial charge in [0.2, 0.25) is 0 Å². The molecule has 0 radical (unpaired) electrons. The van der Waals surface area contributed by atoms with Crippen molar-refractivity contribution < 1.29 is 44.6 Å². The Balaban J connectivity index is 1.51. The zero-order valence-electron chi connectivity index (χ0n) is 30.4. The van der Waals surface area contributed by atoms with Crippen molar-refractivity contribution in [2.45, 2.75) is 128 Å². The zero-order chi connectivity index (χ0) is 36.8. The van der Waals surface area contributed by atoms with Gasteiger partial charge >= 0.3 is 11.9 Å². The number of allylic oxidation sites excluding steroid dienone is 2. The summed E-state index contributed by atoms with van der Waals surface area (Å²) in [6, 6.07) is 8.25. The molecule has 1 aromatic rings. The molecule has 0 amide bonds. The molecular weight excluding hydrogens is 656 g/mol. The summed E-state index contributed by atoms with van der Waals surface area (Å²) in [5.74, 6) is -2.04. The molecule has 0 bridgehead atoms. The molecule has 0 saturated heterocycles. The van der Waals surface area contributed by atoms with Crippen molar-refractivity contribution >= 4 is 24.6 Å². The number of aliphatic hydroxyl groups excluding tert-OH is 4. The topological polar surface area (TPSA) is 154 Å². The second-order valence-corrected chi connectivity index (χ2v) is 18.2. The fourth-order valence-corrected chi connectivity index (χ4v) is 12.3. The molecule has 4 saturated carbocycles. The lowest BCUT2D eigenvalue weighted by molar-refractivity contribution is -0.295. The maximum Gasteiger partial charge on any atom is 0.338 e. The van der Waals surface area contributed by atoms with Crippen molar-refractivity contribution in [2.24, 2.45) is 39.4 Å². The van der Waals surface area contributed by atoms with Crippen molar-refractivity contribution in [3.05, 3.63) is 59.2 Å². The summed E-state index contributed by atoms with van der Waals surface area (Å²) >= 11 is 5.05. The third kappa shape index (κ3) is 4.98. The molecule has 0 aromatic heterocycles. The van der Waals surface area contributed by atoms with Crippen LogP contribution in [0.5, 0.6) is 0 Å². The van der Waals surface area contributed by atoms with E-state index in [2.05, 4.69) is 19.9 Å². The maximum atomic E-state index is 13.8. The van der Waals surface area contributed by atoms with Crippen LogP contribution < -0.4 is 0 Å². The molecule has 5 aliphatic rings. The highest BCUT2D eigenvalue weighted by Gasteiger charge is 2.76. The minimum Gasteiger partial charge on any atom is -0.454 e. The van der Waals surface area contributed by atoms with Crippen LogP contribution in [0.2, 0.25) is 0 Å². The van der Waals surface area contributed by atoms with Crippen LogP contribution in [0.4, 0.5) is 0 Å². The van der Waals surface area contributed by atoms with Gasteiger partial charge in [0.25, 0.3) is 0 Å². The summed E-state index contributed by atoms with van der Waals surface area (Å²) in [5.41, 5.74) is -3.92. The van der Waals surface area contributed by atoms with E-state index in [0.717, 1.165) is 18.4 Å². The van der Waals surface area contributed by atoms with Gasteiger partial charge in [0.1, 0.15) is 5.60 Å². The number of carbonyl (C=O) groups excluding carboxylic acids is 2. The normalized spacial score (nSPS) is 48.6. The molecule has 0 heterocycles. The van der Waals surface area contributed by atoms with Gasteiger partial charge in [0.15, 0.2) is 12.2 Å². The first-order valence-corrected chi connectivity index (χ1v) is 18.6. The van der Waals surface area contributed by atoms with Crippen molar-refractivity contribution in [3.63, 3.8) is 0 Å². The third-order valence-electron chi connectivity index (χ3n) is 15.0. The highest BCUT2D eigenvalue weighted by Crippen LogP contribution is 2.75. The predicted molar refractivity (Wildman–Crippen MR) is 191 cm³/mol. The van der Waals surface area contributed by atoms with E-state index in [4.69, 9.17) is 22.1 Å². The number of thiol groups is 1. The Morgan fingerprint density at radius 1 is 0.940 bits per heavy atom. The minimum atomic E-state index is -1.76. The average Bonchev–Trinajstić information content (AvgIpc) is 3.07. The minimum absolute atomic E-state index is 0.0213. The molecule has 276 valence electrons. The maximum absolute atomic E-state index is 13.8. The number of rotatable bonds is 5. The second-order valence-electron chi connectivity index (χ2n) is 17.2. The van der Waals surface area contributed by atoms with Gasteiger partial charge < -0.3 is 35.0 Å². The van der Waals surface area contributed by atoms with Crippen molar-refractivity contribution in [1.82, 2.24) is 0 Å². The van der Waals surface area contributed by atoms with Crippen LogP contribution in [0.25, 0.3) is 0 Å². The van der Waals surface area contributed by atoms with E-state index in [1.165, 1.54) is 6.92 Å². The summed E-state index contributed by atoms with van der Waals surface area (Å²) in [5, 5.41) is 59.9. The van der Waals surface area contributed by atoms with E-state index in [9.17, 15) is 35.1 Å². The molecular formula is C40H56O9S. The van der Waals surface area contributed by atoms with E-state index in [0.29, 0.717) is 19.3 Å². The van der Waals surface area contributed by atoms with Gasteiger partial charge in [-0.3, -0.25) is 0 Å². The van der Waals surface area contributed by atoms with E-state index in [1.807, 2.05) is 13.8 Å². The van der Waals surface area contributed by atoms with Gasteiger partial charge in [0, 0.05) is 15.7 Å². The molecule has 6 rings (SSSR count). The summed E-state index contributed by atoms with van der Waals surface area (Å²) in [4.78, 5) is 27.0. The molecule has 10 heteroatoms. The standard InChI is InChI=1S/C40H56O9S/c1-8-22(2)33(45)48-31-32(49-34(46)23-12-10-9-11-13-23)40(21-41)25(20-37(31,5)47)24-14-15-26-35(3)18-17-28(42)39(7,50)27(35)16-19-36(26,4)38(24,6)29(43)30(40)44/h8-14,25-32,41-44,47,50H,15-21H2,1-7H3/b22-8-/t25?,26?,27?,28-,29-,30+,31-,32-,35+,36+,37+,38-,39-,40-/m0/s1. The number of carbonyl (C=O) groups is 2. The largest absolute Gasteiger partial charge is 0.454 e. The number of benzene rings is 1. The molecule has 5 aliphatic carbocycles. The Bertz CT molecular complexity index is 1570. The molecule has 5 N–H and O–H groups in total. The van der Waals surface area contributed by atoms with Gasteiger partial charge in [-0.1, -0.05) is 56.7 Å². The number of ether oxygens (including phenoxy) is 2. The Morgan fingerprint density at radius 2 is 1.60 bits per heavy atom. The molecule has 4 fully saturated rings. The Morgan fingerprint density at radius 3 is 2.22 bits per heavy atom. The van der Waals surface area contributed by atoms with Crippen LogP contribution in [0.3, 0.4) is 0 Å². The summed E-state index contributed by atoms with van der Waals surface area (Å²) in [7, 11) is 0. The third-order valence-corrected chi connectivity index (χ3v) is 15.6. The van der Waals surface area contributed by atoms with Gasteiger partial charge in [-0.25, -0.2) is 9.59 Å². The number of aliphatic hydroxyl groups is 5. The van der Waals surface area contributed by atoms with Crippen molar-refractivity contribution in [1.29, 1.82) is 0 Å². The number of hydrogen-bond donors (Lipinski definition) is 6. The quantitative estimate of drug-likeness (QED) is 0.110. The van der Waals surface area contributed by atoms with Crippen LogP contribution in [0.1, 0.15) is 97.3 Å². The van der Waals surface area contributed by atoms with E-state index in [1.54, 1.807) is 50.3 Å². The summed E-state index contributed by atoms with van der Waals surface area (Å²) in [6.07, 6.45) is 0.700. The Hall–Kier alpha value is -2.21. The van der Waals surface area contributed by atoms with Crippen molar-refractivity contribution in [2.75, 3.05) is 6.61 Å². The molecule has 0 aliphatic heterocycles. The highest BCUT2D eigenvalue weighted by molar-refractivity contribution is 7.81. The molecule has 3 unspecified atom stereocenters. The van der Waals surface area contributed by atoms with Crippen LogP contribution in [0, 0.1) is 39.4 Å². The fraction of sp³-hybridized carbons (Fsp3) is 0.700. The smallest absolute Gasteiger partial charge is 0.338 e. The van der Waals surface area contributed by atoms with Crippen molar-refractivity contribution in [3.8, 4) is 0 Å². The first-order valence-electron chi connectivity index (χ1n) is 18.2. The lowest BCUT2D eigenvalue weighted by atomic mass is 9.33. The number of fused-ring (bicyclic) bond motifs is 7. The first kappa shape index (κ1) is 37.5. The monoisotopic (exact) mass is 712 g/mol. The zero-order valence-corrected chi connectivity index (χ0v) is 31.3.